The molecule has 1 saturated heterocycles. The van der Waals surface area contributed by atoms with Gasteiger partial charge in [0.2, 0.25) is 5.91 Å². The minimum Gasteiger partial charge on any atom is -0.378 e. The standard InChI is InChI=1S/C15H19N5O2/c1-20-10-17-19-15(20)11-2-4-12(5-3-11)18-14(21)8-13-9-22-7-6-16-13/h2-5,10,13,16H,6-9H2,1H3,(H,18,21)/t13-/m1/s1. The summed E-state index contributed by atoms with van der Waals surface area (Å²) >= 11 is 0. The van der Waals surface area contributed by atoms with Crippen LogP contribution in [0, 0.1) is 0 Å². The molecular formula is C15H19N5O2. The number of carbonyl (C=O) groups is 1. The number of amides is 1. The molecule has 0 radical (unpaired) electrons. The van der Waals surface area contributed by atoms with Crippen LogP contribution in [0.15, 0.2) is 30.6 Å². The van der Waals surface area contributed by atoms with E-state index in [2.05, 4.69) is 20.8 Å². The van der Waals surface area contributed by atoms with Crippen molar-refractivity contribution in [1.82, 2.24) is 20.1 Å². The number of rotatable bonds is 4. The Kier molecular flexibility index (Phi) is 4.45. The van der Waals surface area contributed by atoms with Crippen LogP contribution in [0.25, 0.3) is 11.4 Å². The van der Waals surface area contributed by atoms with Gasteiger partial charge in [-0.15, -0.1) is 10.2 Å². The Balaban J connectivity index is 1.58. The van der Waals surface area contributed by atoms with E-state index >= 15 is 0 Å². The molecule has 1 amide bonds. The minimum absolute atomic E-state index is 0.0191. The van der Waals surface area contributed by atoms with Gasteiger partial charge in [-0.3, -0.25) is 4.79 Å². The zero-order valence-electron chi connectivity index (χ0n) is 12.5. The number of aromatic nitrogens is 3. The van der Waals surface area contributed by atoms with E-state index in [0.29, 0.717) is 19.6 Å². The molecule has 1 fully saturated rings. The fourth-order valence-electron chi connectivity index (χ4n) is 2.43. The molecule has 1 aliphatic heterocycles. The van der Waals surface area contributed by atoms with Gasteiger partial charge in [0.1, 0.15) is 6.33 Å². The second-order valence-electron chi connectivity index (χ2n) is 5.32. The largest absolute Gasteiger partial charge is 0.378 e. The molecule has 3 rings (SSSR count). The van der Waals surface area contributed by atoms with Crippen molar-refractivity contribution in [3.8, 4) is 11.4 Å². The number of ether oxygens (including phenoxy) is 1. The third kappa shape index (κ3) is 3.49. The zero-order valence-corrected chi connectivity index (χ0v) is 12.5. The number of hydrogen-bond donors (Lipinski definition) is 2. The first-order valence-corrected chi connectivity index (χ1v) is 7.28. The Morgan fingerprint density at radius 1 is 1.45 bits per heavy atom. The van der Waals surface area contributed by atoms with E-state index in [4.69, 9.17) is 4.74 Å². The number of hydrogen-bond acceptors (Lipinski definition) is 5. The van der Waals surface area contributed by atoms with Gasteiger partial charge < -0.3 is 19.9 Å². The van der Waals surface area contributed by atoms with Crippen molar-refractivity contribution < 1.29 is 9.53 Å². The van der Waals surface area contributed by atoms with Crippen LogP contribution in [0.5, 0.6) is 0 Å². The Morgan fingerprint density at radius 2 is 2.27 bits per heavy atom. The molecule has 116 valence electrons. The normalized spacial score (nSPS) is 18.1. The second kappa shape index (κ2) is 6.67. The summed E-state index contributed by atoms with van der Waals surface area (Å²) in [5, 5.41) is 14.1. The molecule has 0 spiro atoms. The fourth-order valence-corrected chi connectivity index (χ4v) is 2.43. The molecule has 1 atom stereocenters. The maximum Gasteiger partial charge on any atom is 0.226 e. The van der Waals surface area contributed by atoms with Crippen molar-refractivity contribution >= 4 is 11.6 Å². The van der Waals surface area contributed by atoms with Gasteiger partial charge in [-0.1, -0.05) is 0 Å². The average molecular weight is 301 g/mol. The summed E-state index contributed by atoms with van der Waals surface area (Å²) in [6, 6.07) is 7.66. The van der Waals surface area contributed by atoms with Gasteiger partial charge in [0.05, 0.1) is 13.2 Å². The fraction of sp³-hybridized carbons (Fsp3) is 0.400. The van der Waals surface area contributed by atoms with Crippen LogP contribution < -0.4 is 10.6 Å². The number of nitrogens with zero attached hydrogens (tertiary/aromatic N) is 3. The summed E-state index contributed by atoms with van der Waals surface area (Å²) < 4.78 is 7.19. The highest BCUT2D eigenvalue weighted by Crippen LogP contribution is 2.18. The van der Waals surface area contributed by atoms with Crippen LogP contribution >= 0.6 is 0 Å². The molecule has 0 saturated carbocycles. The summed E-state index contributed by atoms with van der Waals surface area (Å²) in [6.07, 6.45) is 2.06. The summed E-state index contributed by atoms with van der Waals surface area (Å²) in [7, 11) is 1.89. The monoisotopic (exact) mass is 301 g/mol. The predicted molar refractivity (Wildman–Crippen MR) is 82.3 cm³/mol. The van der Waals surface area contributed by atoms with Crippen molar-refractivity contribution in [2.45, 2.75) is 12.5 Å². The number of aryl methyl sites for hydroxylation is 1. The first kappa shape index (κ1) is 14.7. The van der Waals surface area contributed by atoms with Crippen molar-refractivity contribution in [2.75, 3.05) is 25.1 Å². The van der Waals surface area contributed by atoms with E-state index in [-0.39, 0.29) is 11.9 Å². The van der Waals surface area contributed by atoms with Gasteiger partial charge in [0.25, 0.3) is 0 Å². The molecular weight excluding hydrogens is 282 g/mol. The quantitative estimate of drug-likeness (QED) is 0.873. The van der Waals surface area contributed by atoms with Crippen molar-refractivity contribution in [3.63, 3.8) is 0 Å². The van der Waals surface area contributed by atoms with Gasteiger partial charge in [0.15, 0.2) is 5.82 Å². The Hall–Kier alpha value is -2.25. The molecule has 0 aliphatic carbocycles. The zero-order chi connectivity index (χ0) is 15.4. The summed E-state index contributed by atoms with van der Waals surface area (Å²) in [6.45, 7) is 2.09. The van der Waals surface area contributed by atoms with E-state index in [9.17, 15) is 4.79 Å². The predicted octanol–water partition coefficient (Wildman–Crippen LogP) is 0.799. The molecule has 2 aromatic rings. The molecule has 1 aromatic heterocycles. The molecule has 2 N–H and O–H groups in total. The lowest BCUT2D eigenvalue weighted by Gasteiger charge is -2.23. The second-order valence-corrected chi connectivity index (χ2v) is 5.32. The lowest BCUT2D eigenvalue weighted by Crippen LogP contribution is -2.43. The van der Waals surface area contributed by atoms with Gasteiger partial charge >= 0.3 is 0 Å². The van der Waals surface area contributed by atoms with E-state index in [1.807, 2.05) is 35.9 Å². The van der Waals surface area contributed by atoms with Crippen LogP contribution in [0.4, 0.5) is 5.69 Å². The molecule has 22 heavy (non-hydrogen) atoms. The highest BCUT2D eigenvalue weighted by atomic mass is 16.5. The summed E-state index contributed by atoms with van der Waals surface area (Å²) in [5.74, 6) is 0.774. The van der Waals surface area contributed by atoms with Crippen LogP contribution in [-0.4, -0.2) is 46.5 Å². The molecule has 7 nitrogen and oxygen atoms in total. The first-order chi connectivity index (χ1) is 10.7. The third-order valence-electron chi connectivity index (χ3n) is 3.57. The van der Waals surface area contributed by atoms with Gasteiger partial charge in [0, 0.05) is 37.3 Å². The molecule has 1 aromatic carbocycles. The van der Waals surface area contributed by atoms with Crippen LogP contribution in [-0.2, 0) is 16.6 Å². The Bertz CT molecular complexity index is 632. The molecule has 0 unspecified atom stereocenters. The third-order valence-corrected chi connectivity index (χ3v) is 3.57. The number of benzene rings is 1. The average Bonchev–Trinajstić information content (AvgIpc) is 2.95. The maximum absolute atomic E-state index is 12.0. The van der Waals surface area contributed by atoms with E-state index in [1.54, 1.807) is 6.33 Å². The van der Waals surface area contributed by atoms with Crippen molar-refractivity contribution in [2.24, 2.45) is 7.05 Å². The number of carbonyl (C=O) groups excluding carboxylic acids is 1. The van der Waals surface area contributed by atoms with Gasteiger partial charge in [-0.05, 0) is 24.3 Å². The number of nitrogens with one attached hydrogen (secondary N) is 2. The number of anilines is 1. The molecule has 7 heteroatoms. The van der Waals surface area contributed by atoms with E-state index in [0.717, 1.165) is 23.6 Å². The molecule has 0 bridgehead atoms. The SMILES string of the molecule is Cn1cnnc1-c1ccc(NC(=O)C[C@@H]2COCCN2)cc1. The maximum atomic E-state index is 12.0. The van der Waals surface area contributed by atoms with Crippen LogP contribution in [0.1, 0.15) is 6.42 Å². The van der Waals surface area contributed by atoms with E-state index < -0.39 is 0 Å². The lowest BCUT2D eigenvalue weighted by molar-refractivity contribution is -0.117. The Morgan fingerprint density at radius 3 is 2.91 bits per heavy atom. The summed E-state index contributed by atoms with van der Waals surface area (Å²) in [5.41, 5.74) is 1.73. The topological polar surface area (TPSA) is 81.1 Å². The van der Waals surface area contributed by atoms with Gasteiger partial charge in [-0.25, -0.2) is 0 Å². The van der Waals surface area contributed by atoms with Gasteiger partial charge in [-0.2, -0.15) is 0 Å². The Labute approximate surface area is 128 Å². The van der Waals surface area contributed by atoms with E-state index in [1.165, 1.54) is 0 Å². The van der Waals surface area contributed by atoms with Crippen LogP contribution in [0.3, 0.4) is 0 Å². The highest BCUT2D eigenvalue weighted by Gasteiger charge is 2.16. The first-order valence-electron chi connectivity index (χ1n) is 7.28. The number of morpholine rings is 1. The highest BCUT2D eigenvalue weighted by molar-refractivity contribution is 5.91. The van der Waals surface area contributed by atoms with Crippen LogP contribution in [0.2, 0.25) is 0 Å². The lowest BCUT2D eigenvalue weighted by atomic mass is 10.1. The minimum atomic E-state index is -0.0191. The van der Waals surface area contributed by atoms with Crippen molar-refractivity contribution in [3.05, 3.63) is 30.6 Å². The van der Waals surface area contributed by atoms with Crippen molar-refractivity contribution in [1.29, 1.82) is 0 Å². The molecule has 2 heterocycles. The smallest absolute Gasteiger partial charge is 0.226 e. The summed E-state index contributed by atoms with van der Waals surface area (Å²) in [4.78, 5) is 12.0. The molecule has 1 aliphatic rings.